The molecule has 2 aromatic carbocycles. The first-order valence-corrected chi connectivity index (χ1v) is 8.99. The lowest BCUT2D eigenvalue weighted by molar-refractivity contribution is -0.115. The summed E-state index contributed by atoms with van der Waals surface area (Å²) >= 11 is 7.17. The highest BCUT2D eigenvalue weighted by molar-refractivity contribution is 8.00. The van der Waals surface area contributed by atoms with Crippen LogP contribution < -0.4 is 10.1 Å². The summed E-state index contributed by atoms with van der Waals surface area (Å²) in [6, 6.07) is 14.4. The van der Waals surface area contributed by atoms with E-state index >= 15 is 0 Å². The Kier molecular flexibility index (Phi) is 5.75. The minimum absolute atomic E-state index is 0.176. The van der Waals surface area contributed by atoms with Gasteiger partial charge >= 0.3 is 0 Å². The van der Waals surface area contributed by atoms with Crippen molar-refractivity contribution in [2.24, 2.45) is 0 Å². The van der Waals surface area contributed by atoms with Crippen LogP contribution in [0.2, 0.25) is 5.02 Å². The molecule has 3 aromatic rings. The van der Waals surface area contributed by atoms with Crippen molar-refractivity contribution in [3.8, 4) is 11.4 Å². The number of aromatic nitrogens is 4. The van der Waals surface area contributed by atoms with Gasteiger partial charge in [-0.3, -0.25) is 4.79 Å². The highest BCUT2D eigenvalue weighted by Crippen LogP contribution is 2.27. The normalized spacial score (nSPS) is 11.8. The summed E-state index contributed by atoms with van der Waals surface area (Å²) in [6.07, 6.45) is 0. The molecule has 26 heavy (non-hydrogen) atoms. The van der Waals surface area contributed by atoms with E-state index in [4.69, 9.17) is 16.3 Å². The van der Waals surface area contributed by atoms with E-state index in [9.17, 15) is 4.79 Å². The summed E-state index contributed by atoms with van der Waals surface area (Å²) in [5, 5.41) is 15.3. The third-order valence-corrected chi connectivity index (χ3v) is 4.81. The first kappa shape index (κ1) is 18.2. The molecule has 0 radical (unpaired) electrons. The molecule has 1 atom stereocenters. The molecule has 9 heteroatoms. The minimum atomic E-state index is -0.419. The number of anilines is 1. The summed E-state index contributed by atoms with van der Waals surface area (Å²) in [6.45, 7) is 1.79. The molecule has 0 unspecified atom stereocenters. The van der Waals surface area contributed by atoms with Crippen LogP contribution in [0.25, 0.3) is 5.69 Å². The van der Waals surface area contributed by atoms with Crippen molar-refractivity contribution in [2.75, 3.05) is 12.4 Å². The maximum Gasteiger partial charge on any atom is 0.237 e. The number of nitrogens with zero attached hydrogens (tertiary/aromatic N) is 4. The average molecular weight is 390 g/mol. The van der Waals surface area contributed by atoms with Crippen LogP contribution in [0.1, 0.15) is 6.92 Å². The lowest BCUT2D eigenvalue weighted by Gasteiger charge is -2.13. The zero-order valence-electron chi connectivity index (χ0n) is 14.1. The molecule has 3 rings (SSSR count). The third-order valence-electron chi connectivity index (χ3n) is 3.53. The van der Waals surface area contributed by atoms with Gasteiger partial charge in [0.2, 0.25) is 11.1 Å². The number of benzene rings is 2. The van der Waals surface area contributed by atoms with E-state index in [2.05, 4.69) is 20.8 Å². The van der Waals surface area contributed by atoms with Crippen LogP contribution in [-0.2, 0) is 4.79 Å². The number of amides is 1. The standard InChI is InChI=1S/C17H16ClN5O2S/c1-11(16(24)19-14-5-3-4-6-15(14)25-2)26-17-20-21-22-23(17)13-9-7-12(18)8-10-13/h3-11H,1-2H3,(H,19,24)/t11-/m0/s1. The highest BCUT2D eigenvalue weighted by Gasteiger charge is 2.20. The Morgan fingerprint density at radius 1 is 1.23 bits per heavy atom. The number of hydrogen-bond donors (Lipinski definition) is 1. The number of nitrogens with one attached hydrogen (secondary N) is 1. The molecule has 0 aliphatic rings. The molecule has 134 valence electrons. The minimum Gasteiger partial charge on any atom is -0.495 e. The third kappa shape index (κ3) is 4.14. The summed E-state index contributed by atoms with van der Waals surface area (Å²) in [5.41, 5.74) is 1.38. The van der Waals surface area contributed by atoms with Crippen LogP contribution in [0, 0.1) is 0 Å². The molecule has 0 fully saturated rings. The molecule has 1 aromatic heterocycles. The van der Waals surface area contributed by atoms with Gasteiger partial charge in [0.05, 0.1) is 23.7 Å². The first-order chi connectivity index (χ1) is 12.6. The van der Waals surface area contributed by atoms with Gasteiger partial charge in [-0.2, -0.15) is 4.68 Å². The van der Waals surface area contributed by atoms with Crippen molar-refractivity contribution in [1.82, 2.24) is 20.2 Å². The van der Waals surface area contributed by atoms with Gasteiger partial charge in [0.15, 0.2) is 0 Å². The largest absolute Gasteiger partial charge is 0.495 e. The number of thioether (sulfide) groups is 1. The maximum absolute atomic E-state index is 12.5. The van der Waals surface area contributed by atoms with Gasteiger partial charge in [-0.25, -0.2) is 0 Å². The fourth-order valence-electron chi connectivity index (χ4n) is 2.19. The van der Waals surface area contributed by atoms with Crippen molar-refractivity contribution in [1.29, 1.82) is 0 Å². The predicted octanol–water partition coefficient (Wildman–Crippen LogP) is 3.44. The second kappa shape index (κ2) is 8.20. The summed E-state index contributed by atoms with van der Waals surface area (Å²) in [7, 11) is 1.56. The molecule has 0 spiro atoms. The quantitative estimate of drug-likeness (QED) is 0.650. The fourth-order valence-corrected chi connectivity index (χ4v) is 3.12. The van der Waals surface area contributed by atoms with Crippen molar-refractivity contribution in [3.05, 3.63) is 53.6 Å². The molecule has 0 aliphatic carbocycles. The predicted molar refractivity (Wildman–Crippen MR) is 101 cm³/mol. The molecule has 7 nitrogen and oxygen atoms in total. The SMILES string of the molecule is COc1ccccc1NC(=O)[C@H](C)Sc1nnnn1-c1ccc(Cl)cc1. The Hall–Kier alpha value is -2.58. The Morgan fingerprint density at radius 3 is 2.69 bits per heavy atom. The van der Waals surface area contributed by atoms with Crippen LogP contribution in [0.4, 0.5) is 5.69 Å². The fraction of sp³-hybridized carbons (Fsp3) is 0.176. The maximum atomic E-state index is 12.5. The average Bonchev–Trinajstić information content (AvgIpc) is 3.10. The summed E-state index contributed by atoms with van der Waals surface area (Å²) in [4.78, 5) is 12.5. The Balaban J connectivity index is 1.72. The van der Waals surface area contributed by atoms with Gasteiger partial charge in [0, 0.05) is 5.02 Å². The van der Waals surface area contributed by atoms with E-state index in [0.717, 1.165) is 5.69 Å². The molecule has 1 amide bonds. The number of hydrogen-bond acceptors (Lipinski definition) is 6. The molecule has 0 aliphatic heterocycles. The topological polar surface area (TPSA) is 81.9 Å². The number of halogens is 1. The number of carbonyl (C=O) groups excluding carboxylic acids is 1. The van der Waals surface area contributed by atoms with Gasteiger partial charge in [-0.15, -0.1) is 5.10 Å². The zero-order chi connectivity index (χ0) is 18.5. The molecule has 1 N–H and O–H groups in total. The highest BCUT2D eigenvalue weighted by atomic mass is 35.5. The Morgan fingerprint density at radius 2 is 1.96 bits per heavy atom. The van der Waals surface area contributed by atoms with E-state index < -0.39 is 5.25 Å². The molecular weight excluding hydrogens is 374 g/mol. The van der Waals surface area contributed by atoms with Gasteiger partial charge in [0.25, 0.3) is 0 Å². The van der Waals surface area contributed by atoms with Crippen LogP contribution in [-0.4, -0.2) is 38.5 Å². The second-order valence-electron chi connectivity index (χ2n) is 5.30. The summed E-state index contributed by atoms with van der Waals surface area (Å²) in [5.74, 6) is 0.425. The number of ether oxygens (including phenoxy) is 1. The monoisotopic (exact) mass is 389 g/mol. The van der Waals surface area contributed by atoms with Crippen LogP contribution >= 0.6 is 23.4 Å². The Bertz CT molecular complexity index is 900. The van der Waals surface area contributed by atoms with E-state index in [1.54, 1.807) is 43.0 Å². The van der Waals surface area contributed by atoms with Crippen molar-refractivity contribution in [3.63, 3.8) is 0 Å². The number of rotatable bonds is 6. The van der Waals surface area contributed by atoms with Crippen molar-refractivity contribution in [2.45, 2.75) is 17.3 Å². The van der Waals surface area contributed by atoms with E-state index in [1.165, 1.54) is 11.8 Å². The smallest absolute Gasteiger partial charge is 0.237 e. The van der Waals surface area contributed by atoms with Gasteiger partial charge in [0.1, 0.15) is 5.75 Å². The molecule has 1 heterocycles. The number of tetrazole rings is 1. The molecule has 0 bridgehead atoms. The lowest BCUT2D eigenvalue weighted by atomic mass is 10.3. The molecule has 0 saturated heterocycles. The second-order valence-corrected chi connectivity index (χ2v) is 7.04. The van der Waals surface area contributed by atoms with E-state index in [1.807, 2.05) is 24.3 Å². The zero-order valence-corrected chi connectivity index (χ0v) is 15.7. The van der Waals surface area contributed by atoms with E-state index in [0.29, 0.717) is 21.6 Å². The van der Waals surface area contributed by atoms with Crippen LogP contribution in [0.15, 0.2) is 53.7 Å². The molecular formula is C17H16ClN5O2S. The van der Waals surface area contributed by atoms with Gasteiger partial charge in [-0.05, 0) is 53.7 Å². The first-order valence-electron chi connectivity index (χ1n) is 7.73. The Labute approximate surface area is 159 Å². The number of para-hydroxylation sites is 2. The van der Waals surface area contributed by atoms with Crippen molar-refractivity contribution >= 4 is 35.0 Å². The van der Waals surface area contributed by atoms with E-state index in [-0.39, 0.29) is 5.91 Å². The lowest BCUT2D eigenvalue weighted by Crippen LogP contribution is -2.23. The van der Waals surface area contributed by atoms with Gasteiger partial charge < -0.3 is 10.1 Å². The molecule has 0 saturated carbocycles. The van der Waals surface area contributed by atoms with Crippen molar-refractivity contribution < 1.29 is 9.53 Å². The number of carbonyl (C=O) groups is 1. The number of methoxy groups -OCH3 is 1. The van der Waals surface area contributed by atoms with Crippen LogP contribution in [0.5, 0.6) is 5.75 Å². The van der Waals surface area contributed by atoms with Gasteiger partial charge in [-0.1, -0.05) is 35.5 Å². The van der Waals surface area contributed by atoms with Crippen LogP contribution in [0.3, 0.4) is 0 Å². The summed E-state index contributed by atoms with van der Waals surface area (Å²) < 4.78 is 6.81.